The molecule has 7 heteroatoms. The topological polar surface area (TPSA) is 51.2 Å². The lowest BCUT2D eigenvalue weighted by atomic mass is 9.99. The third kappa shape index (κ3) is 6.92. The van der Waals surface area contributed by atoms with Gasteiger partial charge >= 0.3 is 0 Å². The van der Waals surface area contributed by atoms with E-state index in [2.05, 4.69) is 35.9 Å². The zero-order valence-electron chi connectivity index (χ0n) is 16.3. The van der Waals surface area contributed by atoms with E-state index in [9.17, 15) is 4.79 Å². The lowest BCUT2D eigenvalue weighted by molar-refractivity contribution is -0.130. The summed E-state index contributed by atoms with van der Waals surface area (Å²) in [5, 5.41) is 3.42. The number of carbonyl (C=O) groups excluding carboxylic acids is 1. The van der Waals surface area contributed by atoms with Crippen LogP contribution < -0.4 is 5.32 Å². The predicted octanol–water partition coefficient (Wildman–Crippen LogP) is 1.85. The molecule has 2 fully saturated rings. The summed E-state index contributed by atoms with van der Waals surface area (Å²) in [6.07, 6.45) is 2.66. The number of carbonyl (C=O) groups is 1. The number of hydrogen-bond donors (Lipinski definition) is 1. The molecule has 2 atom stereocenters. The monoisotopic (exact) mass is 465 g/mol. The number of aliphatic imine (C=N–C) groups is 1. The predicted molar refractivity (Wildman–Crippen MR) is 115 cm³/mol. The van der Waals surface area contributed by atoms with Crippen molar-refractivity contribution in [3.63, 3.8) is 0 Å². The van der Waals surface area contributed by atoms with Gasteiger partial charge in [0.2, 0.25) is 5.91 Å². The highest BCUT2D eigenvalue weighted by Crippen LogP contribution is 2.17. The van der Waals surface area contributed by atoms with Crippen LogP contribution in [0.4, 0.5) is 0 Å². The molecule has 0 aliphatic carbocycles. The normalized spacial score (nSPS) is 23.8. The Morgan fingerprint density at radius 1 is 1.20 bits per heavy atom. The Hall–Kier alpha value is -0.570. The Kier molecular flexibility index (Phi) is 10.1. The average Bonchev–Trinajstić information content (AvgIpc) is 2.58. The first-order valence-electron chi connectivity index (χ1n) is 9.54. The Morgan fingerprint density at radius 3 is 2.40 bits per heavy atom. The van der Waals surface area contributed by atoms with Gasteiger partial charge in [0.05, 0.1) is 6.54 Å². The number of rotatable bonds is 4. The smallest absolute Gasteiger partial charge is 0.219 e. The quantitative estimate of drug-likeness (QED) is 0.391. The van der Waals surface area contributed by atoms with Crippen molar-refractivity contribution in [2.24, 2.45) is 10.9 Å². The molecule has 6 nitrogen and oxygen atoms in total. The van der Waals surface area contributed by atoms with Crippen LogP contribution >= 0.6 is 24.0 Å². The van der Waals surface area contributed by atoms with E-state index in [0.717, 1.165) is 51.1 Å². The number of nitrogens with one attached hydrogen (secondary N) is 1. The zero-order chi connectivity index (χ0) is 17.5. The van der Waals surface area contributed by atoms with Crippen LogP contribution in [-0.4, -0.2) is 85.0 Å². The second kappa shape index (κ2) is 11.2. The Bertz CT molecular complexity index is 437. The molecule has 0 bridgehead atoms. The van der Waals surface area contributed by atoms with Gasteiger partial charge in [0.25, 0.3) is 0 Å². The molecule has 0 aromatic rings. The minimum Gasteiger partial charge on any atom is -0.357 e. The summed E-state index contributed by atoms with van der Waals surface area (Å²) in [5.41, 5.74) is 0. The molecular formula is C18H36IN5O. The maximum atomic E-state index is 11.5. The molecule has 0 saturated carbocycles. The highest BCUT2D eigenvalue weighted by molar-refractivity contribution is 14.0. The standard InChI is InChI=1S/C18H35N5O.HI/c1-5-19-18(22-11-9-21(10-12-22)17(4)24)20-13-16(3)23-8-6-7-15(2)14-23;/h15-16H,5-14H2,1-4H3,(H,19,20);1H. The molecule has 0 aromatic carbocycles. The largest absolute Gasteiger partial charge is 0.357 e. The van der Waals surface area contributed by atoms with Crippen molar-refractivity contribution in [1.82, 2.24) is 20.0 Å². The molecule has 2 aliphatic heterocycles. The molecule has 0 spiro atoms. The average molecular weight is 465 g/mol. The molecule has 2 unspecified atom stereocenters. The van der Waals surface area contributed by atoms with Gasteiger partial charge in [0.1, 0.15) is 0 Å². The number of guanidine groups is 1. The van der Waals surface area contributed by atoms with E-state index in [-0.39, 0.29) is 29.9 Å². The SMILES string of the molecule is CCNC(=NCC(C)N1CCCC(C)C1)N1CCN(C(C)=O)CC1.I. The number of halogens is 1. The Labute approximate surface area is 170 Å². The van der Waals surface area contributed by atoms with E-state index >= 15 is 0 Å². The lowest BCUT2D eigenvalue weighted by Gasteiger charge is -2.37. The first-order chi connectivity index (χ1) is 11.5. The molecule has 2 aliphatic rings. The molecule has 1 N–H and O–H groups in total. The van der Waals surface area contributed by atoms with Crippen molar-refractivity contribution in [3.8, 4) is 0 Å². The van der Waals surface area contributed by atoms with E-state index in [1.807, 2.05) is 4.90 Å². The van der Waals surface area contributed by atoms with Gasteiger partial charge in [0.15, 0.2) is 5.96 Å². The summed E-state index contributed by atoms with van der Waals surface area (Å²) >= 11 is 0. The van der Waals surface area contributed by atoms with Crippen molar-refractivity contribution < 1.29 is 4.79 Å². The number of nitrogens with zero attached hydrogens (tertiary/aromatic N) is 4. The molecule has 25 heavy (non-hydrogen) atoms. The molecule has 2 rings (SSSR count). The van der Waals surface area contributed by atoms with Crippen LogP contribution in [0.25, 0.3) is 0 Å². The van der Waals surface area contributed by atoms with Crippen LogP contribution in [0.2, 0.25) is 0 Å². The number of piperazine rings is 1. The number of amides is 1. The fraction of sp³-hybridized carbons (Fsp3) is 0.889. The fourth-order valence-corrected chi connectivity index (χ4v) is 3.62. The molecular weight excluding hydrogens is 429 g/mol. The van der Waals surface area contributed by atoms with Gasteiger partial charge < -0.3 is 15.1 Å². The maximum absolute atomic E-state index is 11.5. The van der Waals surface area contributed by atoms with Gasteiger partial charge in [-0.3, -0.25) is 14.7 Å². The Morgan fingerprint density at radius 2 is 1.84 bits per heavy atom. The minimum absolute atomic E-state index is 0. The number of likely N-dealkylation sites (tertiary alicyclic amines) is 1. The first-order valence-corrected chi connectivity index (χ1v) is 9.54. The van der Waals surface area contributed by atoms with Crippen molar-refractivity contribution in [1.29, 1.82) is 0 Å². The van der Waals surface area contributed by atoms with Gasteiger partial charge in [0, 0.05) is 52.2 Å². The second-order valence-corrected chi connectivity index (χ2v) is 7.28. The molecule has 0 aromatic heterocycles. The van der Waals surface area contributed by atoms with E-state index in [4.69, 9.17) is 4.99 Å². The van der Waals surface area contributed by atoms with Crippen LogP contribution in [0.3, 0.4) is 0 Å². The first kappa shape index (κ1) is 22.5. The third-order valence-electron chi connectivity index (χ3n) is 5.18. The summed E-state index contributed by atoms with van der Waals surface area (Å²) in [7, 11) is 0. The Balaban J connectivity index is 0.00000312. The minimum atomic E-state index is 0. The second-order valence-electron chi connectivity index (χ2n) is 7.28. The zero-order valence-corrected chi connectivity index (χ0v) is 18.7. The van der Waals surface area contributed by atoms with Gasteiger partial charge in [-0.2, -0.15) is 0 Å². The molecule has 0 radical (unpaired) electrons. The van der Waals surface area contributed by atoms with Crippen molar-refractivity contribution in [3.05, 3.63) is 0 Å². The highest BCUT2D eigenvalue weighted by atomic mass is 127. The number of hydrogen-bond acceptors (Lipinski definition) is 3. The molecule has 1 amide bonds. The van der Waals surface area contributed by atoms with E-state index in [1.165, 1.54) is 25.9 Å². The van der Waals surface area contributed by atoms with Gasteiger partial charge in [-0.1, -0.05) is 6.92 Å². The van der Waals surface area contributed by atoms with Crippen LogP contribution in [0.5, 0.6) is 0 Å². The van der Waals surface area contributed by atoms with Gasteiger partial charge in [-0.05, 0) is 39.2 Å². The molecule has 2 saturated heterocycles. The maximum Gasteiger partial charge on any atom is 0.219 e. The molecule has 146 valence electrons. The summed E-state index contributed by atoms with van der Waals surface area (Å²) < 4.78 is 0. The number of piperidine rings is 1. The van der Waals surface area contributed by atoms with Crippen LogP contribution in [0.15, 0.2) is 4.99 Å². The van der Waals surface area contributed by atoms with Crippen molar-refractivity contribution >= 4 is 35.8 Å². The van der Waals surface area contributed by atoms with E-state index in [1.54, 1.807) is 6.92 Å². The highest BCUT2D eigenvalue weighted by Gasteiger charge is 2.23. The lowest BCUT2D eigenvalue weighted by Crippen LogP contribution is -2.53. The van der Waals surface area contributed by atoms with Gasteiger partial charge in [-0.25, -0.2) is 0 Å². The summed E-state index contributed by atoms with van der Waals surface area (Å²) in [5.74, 6) is 1.97. The summed E-state index contributed by atoms with van der Waals surface area (Å²) in [6.45, 7) is 15.8. The van der Waals surface area contributed by atoms with Crippen LogP contribution in [-0.2, 0) is 4.79 Å². The van der Waals surface area contributed by atoms with Crippen molar-refractivity contribution in [2.75, 3.05) is 52.4 Å². The molecule has 2 heterocycles. The van der Waals surface area contributed by atoms with Crippen LogP contribution in [0, 0.1) is 5.92 Å². The van der Waals surface area contributed by atoms with Crippen LogP contribution in [0.1, 0.15) is 40.5 Å². The summed E-state index contributed by atoms with van der Waals surface area (Å²) in [6, 6.07) is 0.486. The fourth-order valence-electron chi connectivity index (χ4n) is 3.62. The van der Waals surface area contributed by atoms with Gasteiger partial charge in [-0.15, -0.1) is 24.0 Å². The summed E-state index contributed by atoms with van der Waals surface area (Å²) in [4.78, 5) is 23.1. The van der Waals surface area contributed by atoms with E-state index in [0.29, 0.717) is 6.04 Å². The van der Waals surface area contributed by atoms with Crippen molar-refractivity contribution in [2.45, 2.75) is 46.6 Å². The third-order valence-corrected chi connectivity index (χ3v) is 5.18. The van der Waals surface area contributed by atoms with E-state index < -0.39 is 0 Å².